The lowest BCUT2D eigenvalue weighted by Gasteiger charge is -2.18. The van der Waals surface area contributed by atoms with Gasteiger partial charge in [0.2, 0.25) is 0 Å². The van der Waals surface area contributed by atoms with Crippen molar-refractivity contribution in [2.45, 2.75) is 25.1 Å². The maximum absolute atomic E-state index is 13.1. The summed E-state index contributed by atoms with van der Waals surface area (Å²) >= 11 is 0. The fourth-order valence-electron chi connectivity index (χ4n) is 5.06. The molecule has 2 fully saturated rings. The van der Waals surface area contributed by atoms with Crippen molar-refractivity contribution in [3.05, 3.63) is 59.8 Å². The van der Waals surface area contributed by atoms with Crippen molar-refractivity contribution >= 4 is 27.8 Å². The SMILES string of the molecule is Cn1cc2c3cc(C(=O)NC4COCC4C4CC4)ccc3n(-c3ccc(C(F)(F)F)cc3)c2n1. The molecule has 1 saturated carbocycles. The molecular weight excluding hydrogens is 445 g/mol. The van der Waals surface area contributed by atoms with Gasteiger partial charge in [-0.05, 0) is 61.2 Å². The van der Waals surface area contributed by atoms with Crippen LogP contribution >= 0.6 is 0 Å². The van der Waals surface area contributed by atoms with Crippen LogP contribution < -0.4 is 5.32 Å². The molecule has 1 aliphatic carbocycles. The molecule has 6 rings (SSSR count). The molecule has 2 aromatic heterocycles. The van der Waals surface area contributed by atoms with E-state index in [1.54, 1.807) is 17.8 Å². The molecule has 1 aliphatic heterocycles. The summed E-state index contributed by atoms with van der Waals surface area (Å²) in [5.41, 5.74) is 1.79. The summed E-state index contributed by atoms with van der Waals surface area (Å²) in [6.45, 7) is 1.23. The molecule has 0 bridgehead atoms. The predicted octanol–water partition coefficient (Wildman–Crippen LogP) is 4.69. The zero-order valence-electron chi connectivity index (χ0n) is 18.5. The first-order chi connectivity index (χ1) is 16.3. The molecule has 1 saturated heterocycles. The van der Waals surface area contributed by atoms with Crippen molar-refractivity contribution in [2.75, 3.05) is 13.2 Å². The minimum absolute atomic E-state index is 0.0193. The van der Waals surface area contributed by atoms with E-state index >= 15 is 0 Å². The number of halogens is 3. The molecule has 1 N–H and O–H groups in total. The number of benzene rings is 2. The monoisotopic (exact) mass is 468 g/mol. The molecule has 9 heteroatoms. The van der Waals surface area contributed by atoms with E-state index < -0.39 is 11.7 Å². The highest BCUT2D eigenvalue weighted by molar-refractivity contribution is 6.10. The summed E-state index contributed by atoms with van der Waals surface area (Å²) < 4.78 is 48.2. The first-order valence-electron chi connectivity index (χ1n) is 11.3. The van der Waals surface area contributed by atoms with Crippen LogP contribution in [0.25, 0.3) is 27.6 Å². The zero-order chi connectivity index (χ0) is 23.6. The first-order valence-corrected chi connectivity index (χ1v) is 11.3. The number of fused-ring (bicyclic) bond motifs is 3. The van der Waals surface area contributed by atoms with Crippen molar-refractivity contribution in [3.63, 3.8) is 0 Å². The number of hydrogen-bond donors (Lipinski definition) is 1. The average Bonchev–Trinajstić information content (AvgIpc) is 3.31. The molecule has 2 aromatic carbocycles. The van der Waals surface area contributed by atoms with E-state index in [4.69, 9.17) is 4.74 Å². The Morgan fingerprint density at radius 2 is 1.85 bits per heavy atom. The van der Waals surface area contributed by atoms with Gasteiger partial charge in [0, 0.05) is 41.2 Å². The van der Waals surface area contributed by atoms with Gasteiger partial charge in [-0.25, -0.2) is 0 Å². The number of carbonyl (C=O) groups excluding carboxylic acids is 1. The second kappa shape index (κ2) is 7.59. The van der Waals surface area contributed by atoms with Crippen LogP contribution in [-0.4, -0.2) is 39.5 Å². The lowest BCUT2D eigenvalue weighted by molar-refractivity contribution is -0.137. The second-order valence-electron chi connectivity index (χ2n) is 9.27. The van der Waals surface area contributed by atoms with Crippen LogP contribution in [0.3, 0.4) is 0 Å². The highest BCUT2D eigenvalue weighted by Gasteiger charge is 2.41. The van der Waals surface area contributed by atoms with Gasteiger partial charge in [-0.3, -0.25) is 14.0 Å². The molecule has 34 heavy (non-hydrogen) atoms. The summed E-state index contributed by atoms with van der Waals surface area (Å²) in [6.07, 6.45) is -0.151. The minimum atomic E-state index is -4.40. The third kappa shape index (κ3) is 3.55. The molecule has 176 valence electrons. The minimum Gasteiger partial charge on any atom is -0.379 e. The van der Waals surface area contributed by atoms with E-state index in [0.717, 1.165) is 28.4 Å². The number of alkyl halides is 3. The van der Waals surface area contributed by atoms with Crippen LogP contribution in [0, 0.1) is 11.8 Å². The number of nitrogens with one attached hydrogen (secondary N) is 1. The standard InChI is InChI=1S/C25H23F3N4O2/c1-31-11-19-18-10-15(24(33)29-21-13-34-12-20(21)14-2-3-14)4-9-22(18)32(23(19)30-31)17-7-5-16(6-8-17)25(26,27)28/h4-11,14,20-21H,2-3,12-13H2,1H3,(H,29,33). The van der Waals surface area contributed by atoms with Crippen LogP contribution in [0.1, 0.15) is 28.8 Å². The first kappa shape index (κ1) is 21.2. The van der Waals surface area contributed by atoms with Crippen molar-refractivity contribution in [3.8, 4) is 5.69 Å². The van der Waals surface area contributed by atoms with Crippen LogP contribution in [0.4, 0.5) is 13.2 Å². The van der Waals surface area contributed by atoms with Crippen LogP contribution in [0.5, 0.6) is 0 Å². The highest BCUT2D eigenvalue weighted by atomic mass is 19.4. The second-order valence-corrected chi connectivity index (χ2v) is 9.27. The van der Waals surface area contributed by atoms with E-state index in [0.29, 0.717) is 41.9 Å². The molecule has 1 amide bonds. The third-order valence-electron chi connectivity index (χ3n) is 6.93. The van der Waals surface area contributed by atoms with Crippen LogP contribution in [0.2, 0.25) is 0 Å². The van der Waals surface area contributed by atoms with Crippen LogP contribution in [-0.2, 0) is 18.0 Å². The summed E-state index contributed by atoms with van der Waals surface area (Å²) in [5.74, 6) is 0.865. The number of carbonyl (C=O) groups is 1. The Bertz CT molecular complexity index is 1400. The van der Waals surface area contributed by atoms with E-state index in [1.165, 1.54) is 25.0 Å². The van der Waals surface area contributed by atoms with Gasteiger partial charge >= 0.3 is 6.18 Å². The third-order valence-corrected chi connectivity index (χ3v) is 6.93. The number of aryl methyl sites for hydroxylation is 1. The average molecular weight is 468 g/mol. The number of nitrogens with zero attached hydrogens (tertiary/aromatic N) is 3. The predicted molar refractivity (Wildman–Crippen MR) is 121 cm³/mol. The Kier molecular flexibility index (Phi) is 4.74. The smallest absolute Gasteiger partial charge is 0.379 e. The maximum Gasteiger partial charge on any atom is 0.416 e. The lowest BCUT2D eigenvalue weighted by atomic mass is 9.97. The van der Waals surface area contributed by atoms with E-state index in [9.17, 15) is 18.0 Å². The molecule has 0 spiro atoms. The van der Waals surface area contributed by atoms with Gasteiger partial charge < -0.3 is 10.1 Å². The van der Waals surface area contributed by atoms with Gasteiger partial charge in [0.1, 0.15) is 0 Å². The van der Waals surface area contributed by atoms with Crippen molar-refractivity contribution in [1.82, 2.24) is 19.7 Å². The Morgan fingerprint density at radius 3 is 2.56 bits per heavy atom. The van der Waals surface area contributed by atoms with Gasteiger partial charge in [-0.2, -0.15) is 18.3 Å². The Labute approximate surface area is 193 Å². The Hall–Kier alpha value is -3.33. The van der Waals surface area contributed by atoms with Gasteiger partial charge in [0.15, 0.2) is 5.65 Å². The molecule has 2 unspecified atom stereocenters. The molecule has 2 atom stereocenters. The van der Waals surface area contributed by atoms with Gasteiger partial charge in [0.05, 0.1) is 30.3 Å². The largest absolute Gasteiger partial charge is 0.416 e. The lowest BCUT2D eigenvalue weighted by Crippen LogP contribution is -2.40. The maximum atomic E-state index is 13.1. The van der Waals surface area contributed by atoms with Crippen LogP contribution in [0.15, 0.2) is 48.7 Å². The number of hydrogen-bond acceptors (Lipinski definition) is 3. The zero-order valence-corrected chi connectivity index (χ0v) is 18.5. The van der Waals surface area contributed by atoms with E-state index in [-0.39, 0.29) is 11.9 Å². The number of rotatable bonds is 4. The van der Waals surface area contributed by atoms with E-state index in [2.05, 4.69) is 10.4 Å². The summed E-state index contributed by atoms with van der Waals surface area (Å²) in [4.78, 5) is 13.1. The Morgan fingerprint density at radius 1 is 1.09 bits per heavy atom. The number of amides is 1. The molecular formula is C25H23F3N4O2. The fraction of sp³-hybridized carbons (Fsp3) is 0.360. The fourth-order valence-corrected chi connectivity index (χ4v) is 5.06. The topological polar surface area (TPSA) is 61.1 Å². The number of ether oxygens (including phenoxy) is 1. The molecule has 4 aromatic rings. The Balaban J connectivity index is 1.38. The summed E-state index contributed by atoms with van der Waals surface area (Å²) in [5, 5.41) is 9.32. The molecule has 6 nitrogen and oxygen atoms in total. The normalized spacial score (nSPS) is 20.9. The summed E-state index contributed by atoms with van der Waals surface area (Å²) in [6, 6.07) is 10.4. The van der Waals surface area contributed by atoms with Crippen molar-refractivity contribution < 1.29 is 22.7 Å². The van der Waals surface area contributed by atoms with Gasteiger partial charge in [-0.15, -0.1) is 0 Å². The van der Waals surface area contributed by atoms with E-state index in [1.807, 2.05) is 22.9 Å². The van der Waals surface area contributed by atoms with Crippen molar-refractivity contribution in [2.24, 2.45) is 18.9 Å². The molecule has 2 aliphatic rings. The van der Waals surface area contributed by atoms with Gasteiger partial charge in [0.25, 0.3) is 5.91 Å². The highest BCUT2D eigenvalue weighted by Crippen LogP contribution is 2.41. The van der Waals surface area contributed by atoms with Gasteiger partial charge in [-0.1, -0.05) is 0 Å². The summed E-state index contributed by atoms with van der Waals surface area (Å²) in [7, 11) is 1.79. The molecule has 0 radical (unpaired) electrons. The molecule has 3 heterocycles. The number of aromatic nitrogens is 3. The van der Waals surface area contributed by atoms with Crippen molar-refractivity contribution in [1.29, 1.82) is 0 Å². The quantitative estimate of drug-likeness (QED) is 0.473.